The van der Waals surface area contributed by atoms with Crippen molar-refractivity contribution >= 4 is 22.6 Å². The molecule has 0 N–H and O–H groups in total. The Morgan fingerprint density at radius 1 is 1.48 bits per heavy atom. The zero-order valence-electron chi connectivity index (χ0n) is 12.6. The average Bonchev–Trinajstić information content (AvgIpc) is 2.97. The van der Waals surface area contributed by atoms with Crippen molar-refractivity contribution in [1.29, 1.82) is 5.26 Å². The quantitative estimate of drug-likeness (QED) is 0.786. The molecule has 3 rings (SSSR count). The highest BCUT2D eigenvalue weighted by atomic mass is 35.5. The summed E-state index contributed by atoms with van der Waals surface area (Å²) in [7, 11) is 0. The second kappa shape index (κ2) is 5.35. The van der Waals surface area contributed by atoms with Crippen LogP contribution < -0.4 is 0 Å². The van der Waals surface area contributed by atoms with E-state index in [9.17, 15) is 0 Å². The van der Waals surface area contributed by atoms with Crippen molar-refractivity contribution in [3.63, 3.8) is 0 Å². The summed E-state index contributed by atoms with van der Waals surface area (Å²) in [6.07, 6.45) is 4.42. The van der Waals surface area contributed by atoms with Crippen LogP contribution in [0.1, 0.15) is 50.5 Å². The lowest BCUT2D eigenvalue weighted by atomic mass is 9.87. The number of benzene rings is 1. The van der Waals surface area contributed by atoms with Crippen molar-refractivity contribution in [3.05, 3.63) is 29.6 Å². The fraction of sp³-hybridized carbons (Fsp3) is 0.529. The third kappa shape index (κ3) is 2.42. The molecule has 0 aliphatic heterocycles. The van der Waals surface area contributed by atoms with Crippen LogP contribution in [0.25, 0.3) is 11.0 Å². The molecule has 21 heavy (non-hydrogen) atoms. The summed E-state index contributed by atoms with van der Waals surface area (Å²) in [5.41, 5.74) is 3.00. The van der Waals surface area contributed by atoms with E-state index < -0.39 is 0 Å². The number of imidazole rings is 1. The Labute approximate surface area is 130 Å². The van der Waals surface area contributed by atoms with Gasteiger partial charge in [-0.15, -0.1) is 11.6 Å². The third-order valence-corrected chi connectivity index (χ3v) is 4.91. The molecule has 1 aromatic carbocycles. The molecule has 1 aliphatic rings. The van der Waals surface area contributed by atoms with Crippen molar-refractivity contribution in [2.75, 3.05) is 5.88 Å². The Morgan fingerprint density at radius 2 is 2.29 bits per heavy atom. The molecule has 0 radical (unpaired) electrons. The molecule has 1 saturated carbocycles. The first-order valence-corrected chi connectivity index (χ1v) is 8.07. The van der Waals surface area contributed by atoms with E-state index in [1.165, 1.54) is 19.3 Å². The summed E-state index contributed by atoms with van der Waals surface area (Å²) in [5.74, 6) is 1.62. The lowest BCUT2D eigenvalue weighted by Crippen LogP contribution is -2.23. The van der Waals surface area contributed by atoms with Crippen molar-refractivity contribution < 1.29 is 0 Å². The van der Waals surface area contributed by atoms with E-state index in [0.29, 0.717) is 17.5 Å². The largest absolute Gasteiger partial charge is 0.324 e. The summed E-state index contributed by atoms with van der Waals surface area (Å²) in [6, 6.07) is 8.42. The molecule has 1 aliphatic carbocycles. The Morgan fingerprint density at radius 3 is 2.90 bits per heavy atom. The normalized spacial score (nSPS) is 20.8. The van der Waals surface area contributed by atoms with Crippen molar-refractivity contribution in [2.24, 2.45) is 5.41 Å². The Kier molecular flexibility index (Phi) is 3.67. The maximum absolute atomic E-state index is 9.17. The first kappa shape index (κ1) is 14.4. The minimum Gasteiger partial charge on any atom is -0.324 e. The van der Waals surface area contributed by atoms with Crippen molar-refractivity contribution in [1.82, 2.24) is 9.55 Å². The molecule has 0 bridgehead atoms. The van der Waals surface area contributed by atoms with Crippen LogP contribution >= 0.6 is 11.6 Å². The number of hydrogen-bond acceptors (Lipinski definition) is 2. The van der Waals surface area contributed by atoms with E-state index in [0.717, 1.165) is 23.3 Å². The summed E-state index contributed by atoms with van der Waals surface area (Å²) in [6.45, 7) is 4.66. The molecule has 2 aromatic rings. The van der Waals surface area contributed by atoms with Crippen LogP contribution in [0.4, 0.5) is 0 Å². The van der Waals surface area contributed by atoms with Gasteiger partial charge in [0.2, 0.25) is 0 Å². The molecule has 1 aromatic heterocycles. The van der Waals surface area contributed by atoms with E-state index in [-0.39, 0.29) is 5.41 Å². The fourth-order valence-corrected chi connectivity index (χ4v) is 3.78. The SMILES string of the molecule is CC1(C)CCCC1n1c(CCCl)nc2ccc(C#N)cc21. The molecule has 110 valence electrons. The molecule has 1 unspecified atom stereocenters. The lowest BCUT2D eigenvalue weighted by molar-refractivity contribution is 0.261. The Balaban J connectivity index is 2.22. The summed E-state index contributed by atoms with van der Waals surface area (Å²) < 4.78 is 2.35. The van der Waals surface area contributed by atoms with Gasteiger partial charge in [-0.2, -0.15) is 5.26 Å². The molecule has 3 nitrogen and oxygen atoms in total. The monoisotopic (exact) mass is 301 g/mol. The molecule has 4 heteroatoms. The number of halogens is 1. The molecular weight excluding hydrogens is 282 g/mol. The number of rotatable bonds is 3. The molecule has 1 heterocycles. The smallest absolute Gasteiger partial charge is 0.111 e. The third-order valence-electron chi connectivity index (χ3n) is 4.72. The number of hydrogen-bond donors (Lipinski definition) is 0. The van der Waals surface area contributed by atoms with Crippen LogP contribution in [0.3, 0.4) is 0 Å². The highest BCUT2D eigenvalue weighted by Gasteiger charge is 2.37. The number of fused-ring (bicyclic) bond motifs is 1. The molecule has 0 amide bonds. The number of nitriles is 1. The molecule has 0 saturated heterocycles. The van der Waals surface area contributed by atoms with Gasteiger partial charge in [0.15, 0.2) is 0 Å². The number of aryl methyl sites for hydroxylation is 1. The lowest BCUT2D eigenvalue weighted by Gasteiger charge is -2.30. The first-order valence-electron chi connectivity index (χ1n) is 7.54. The molecular formula is C17H20ClN3. The van der Waals surface area contributed by atoms with Crippen LogP contribution in [0.5, 0.6) is 0 Å². The van der Waals surface area contributed by atoms with Gasteiger partial charge in [-0.25, -0.2) is 4.98 Å². The van der Waals surface area contributed by atoms with E-state index in [4.69, 9.17) is 21.8 Å². The second-order valence-corrected chi connectivity index (χ2v) is 6.93. The number of alkyl halides is 1. The predicted octanol–water partition coefficient (Wildman–Crippen LogP) is 4.44. The van der Waals surface area contributed by atoms with Crippen LogP contribution in [-0.2, 0) is 6.42 Å². The number of nitrogens with zero attached hydrogens (tertiary/aromatic N) is 3. The highest BCUT2D eigenvalue weighted by molar-refractivity contribution is 6.17. The van der Waals surface area contributed by atoms with Gasteiger partial charge in [0, 0.05) is 18.3 Å². The van der Waals surface area contributed by atoms with Gasteiger partial charge in [0.25, 0.3) is 0 Å². The minimum absolute atomic E-state index is 0.261. The molecule has 0 spiro atoms. The van der Waals surface area contributed by atoms with Crippen molar-refractivity contribution in [3.8, 4) is 6.07 Å². The molecule has 1 fully saturated rings. The zero-order chi connectivity index (χ0) is 15.0. The van der Waals surface area contributed by atoms with Crippen LogP contribution in [0.15, 0.2) is 18.2 Å². The van der Waals surface area contributed by atoms with Crippen molar-refractivity contribution in [2.45, 2.75) is 45.6 Å². The van der Waals surface area contributed by atoms with E-state index in [1.54, 1.807) is 0 Å². The zero-order valence-corrected chi connectivity index (χ0v) is 13.3. The van der Waals surface area contributed by atoms with Gasteiger partial charge < -0.3 is 4.57 Å². The van der Waals surface area contributed by atoms with Gasteiger partial charge in [-0.1, -0.05) is 20.3 Å². The van der Waals surface area contributed by atoms with E-state index in [1.807, 2.05) is 18.2 Å². The Hall–Kier alpha value is -1.53. The summed E-state index contributed by atoms with van der Waals surface area (Å²) >= 11 is 5.97. The van der Waals surface area contributed by atoms with Gasteiger partial charge in [0.05, 0.1) is 22.7 Å². The summed E-state index contributed by atoms with van der Waals surface area (Å²) in [4.78, 5) is 4.76. The predicted molar refractivity (Wildman–Crippen MR) is 85.5 cm³/mol. The van der Waals surface area contributed by atoms with Crippen LogP contribution in [0, 0.1) is 16.7 Å². The average molecular weight is 302 g/mol. The van der Waals surface area contributed by atoms with Crippen LogP contribution in [0.2, 0.25) is 0 Å². The maximum Gasteiger partial charge on any atom is 0.111 e. The second-order valence-electron chi connectivity index (χ2n) is 6.55. The fourth-order valence-electron chi connectivity index (χ4n) is 3.61. The van der Waals surface area contributed by atoms with Gasteiger partial charge in [0.1, 0.15) is 5.82 Å². The van der Waals surface area contributed by atoms with E-state index in [2.05, 4.69) is 24.5 Å². The molecule has 1 atom stereocenters. The minimum atomic E-state index is 0.261. The van der Waals surface area contributed by atoms with Crippen LogP contribution in [-0.4, -0.2) is 15.4 Å². The van der Waals surface area contributed by atoms with Gasteiger partial charge in [-0.05, 0) is 36.5 Å². The standard InChI is InChI=1S/C17H20ClN3/c1-17(2)8-3-4-15(17)21-14-10-12(11-19)5-6-13(14)20-16(21)7-9-18/h5-6,10,15H,3-4,7-9H2,1-2H3. The maximum atomic E-state index is 9.17. The van der Waals surface area contributed by atoms with E-state index >= 15 is 0 Å². The van der Waals surface area contributed by atoms with Gasteiger partial charge >= 0.3 is 0 Å². The topological polar surface area (TPSA) is 41.6 Å². The Bertz CT molecular complexity index is 709. The summed E-state index contributed by atoms with van der Waals surface area (Å²) in [5, 5.41) is 9.17. The van der Waals surface area contributed by atoms with Gasteiger partial charge in [-0.3, -0.25) is 0 Å². The number of aromatic nitrogens is 2. The first-order chi connectivity index (χ1) is 10.1. The highest BCUT2D eigenvalue weighted by Crippen LogP contribution is 2.47.